The monoisotopic (exact) mass is 242 g/mol. The van der Waals surface area contributed by atoms with Crippen molar-refractivity contribution in [2.45, 2.75) is 0 Å². The average Bonchev–Trinajstić information content (AvgIpc) is 2.37. The van der Waals surface area contributed by atoms with Gasteiger partial charge in [-0.3, -0.25) is 0 Å². The minimum atomic E-state index is -0.327. The fraction of sp³-hybridized carbons (Fsp3) is 0.0769. The molecule has 0 saturated heterocycles. The van der Waals surface area contributed by atoms with Crippen molar-refractivity contribution in [2.75, 3.05) is 17.7 Å². The van der Waals surface area contributed by atoms with E-state index in [9.17, 15) is 4.39 Å². The molecule has 0 radical (unpaired) electrons. The summed E-state index contributed by atoms with van der Waals surface area (Å²) in [5.41, 5.74) is 7.23. The van der Waals surface area contributed by atoms with Crippen LogP contribution in [0.15, 0.2) is 36.5 Å². The van der Waals surface area contributed by atoms with Crippen molar-refractivity contribution in [1.29, 1.82) is 5.26 Å². The number of pyridine rings is 1. The van der Waals surface area contributed by atoms with Crippen molar-refractivity contribution in [3.63, 3.8) is 0 Å². The largest absolute Gasteiger partial charge is 0.396 e. The standard InChI is InChI=1S/C13H11FN4/c1-18(11-4-2-3-10(14)6-11)13-12(16)5-9(7-15)8-17-13/h2-6,8H,16H2,1H3. The maximum atomic E-state index is 13.1. The molecule has 0 spiro atoms. The van der Waals surface area contributed by atoms with Crippen LogP contribution in [0.3, 0.4) is 0 Å². The topological polar surface area (TPSA) is 65.9 Å². The number of aromatic nitrogens is 1. The van der Waals surface area contributed by atoms with Gasteiger partial charge in [-0.05, 0) is 24.3 Å². The molecule has 0 aliphatic rings. The van der Waals surface area contributed by atoms with Crippen molar-refractivity contribution in [1.82, 2.24) is 4.98 Å². The lowest BCUT2D eigenvalue weighted by molar-refractivity contribution is 0.628. The van der Waals surface area contributed by atoms with E-state index in [4.69, 9.17) is 11.0 Å². The molecular formula is C13H11FN4. The quantitative estimate of drug-likeness (QED) is 0.878. The molecule has 90 valence electrons. The Balaban J connectivity index is 2.40. The van der Waals surface area contributed by atoms with Gasteiger partial charge in [0.15, 0.2) is 5.82 Å². The molecule has 0 unspecified atom stereocenters. The molecule has 1 heterocycles. The zero-order valence-corrected chi connectivity index (χ0v) is 9.76. The molecule has 0 fully saturated rings. The molecule has 0 saturated carbocycles. The van der Waals surface area contributed by atoms with Crippen LogP contribution in [-0.4, -0.2) is 12.0 Å². The first-order valence-electron chi connectivity index (χ1n) is 5.26. The lowest BCUT2D eigenvalue weighted by Crippen LogP contribution is -2.13. The van der Waals surface area contributed by atoms with Gasteiger partial charge < -0.3 is 10.6 Å². The van der Waals surface area contributed by atoms with Crippen molar-refractivity contribution >= 4 is 17.2 Å². The van der Waals surface area contributed by atoms with E-state index < -0.39 is 0 Å². The van der Waals surface area contributed by atoms with Gasteiger partial charge in [-0.1, -0.05) is 6.07 Å². The number of hydrogen-bond acceptors (Lipinski definition) is 4. The number of hydrogen-bond donors (Lipinski definition) is 1. The van der Waals surface area contributed by atoms with Gasteiger partial charge in [0, 0.05) is 18.9 Å². The van der Waals surface area contributed by atoms with Gasteiger partial charge in [0.25, 0.3) is 0 Å². The van der Waals surface area contributed by atoms with Crippen LogP contribution in [0.2, 0.25) is 0 Å². The molecule has 5 heteroatoms. The maximum Gasteiger partial charge on any atom is 0.156 e. The van der Waals surface area contributed by atoms with E-state index in [2.05, 4.69) is 4.98 Å². The zero-order chi connectivity index (χ0) is 13.1. The van der Waals surface area contributed by atoms with Crippen molar-refractivity contribution in [2.24, 2.45) is 0 Å². The summed E-state index contributed by atoms with van der Waals surface area (Å²) in [6, 6.07) is 9.62. The number of nitriles is 1. The molecule has 18 heavy (non-hydrogen) atoms. The molecule has 0 amide bonds. The van der Waals surface area contributed by atoms with E-state index in [1.165, 1.54) is 24.4 Å². The van der Waals surface area contributed by atoms with Crippen LogP contribution in [0.5, 0.6) is 0 Å². The van der Waals surface area contributed by atoms with E-state index in [0.717, 1.165) is 0 Å². The third-order valence-electron chi connectivity index (χ3n) is 2.54. The fourth-order valence-corrected chi connectivity index (χ4v) is 1.62. The first-order valence-corrected chi connectivity index (χ1v) is 5.26. The Labute approximate surface area is 104 Å². The van der Waals surface area contributed by atoms with Crippen LogP contribution in [0, 0.1) is 17.1 Å². The molecule has 0 aliphatic heterocycles. The highest BCUT2D eigenvalue weighted by Crippen LogP contribution is 2.27. The molecule has 0 bridgehead atoms. The summed E-state index contributed by atoms with van der Waals surface area (Å²) in [6.45, 7) is 0. The molecule has 0 aliphatic carbocycles. The fourth-order valence-electron chi connectivity index (χ4n) is 1.62. The van der Waals surface area contributed by atoms with Crippen LogP contribution in [-0.2, 0) is 0 Å². The van der Waals surface area contributed by atoms with Crippen molar-refractivity contribution in [3.05, 3.63) is 47.9 Å². The highest BCUT2D eigenvalue weighted by molar-refractivity contribution is 5.71. The average molecular weight is 242 g/mol. The SMILES string of the molecule is CN(c1cccc(F)c1)c1ncc(C#N)cc1N. The zero-order valence-electron chi connectivity index (χ0n) is 9.76. The van der Waals surface area contributed by atoms with Crippen molar-refractivity contribution < 1.29 is 4.39 Å². The molecule has 4 nitrogen and oxygen atoms in total. The van der Waals surface area contributed by atoms with Gasteiger partial charge in [0.2, 0.25) is 0 Å². The molecule has 0 atom stereocenters. The Morgan fingerprint density at radius 3 is 2.78 bits per heavy atom. The Kier molecular flexibility index (Phi) is 3.11. The Hall–Kier alpha value is -2.61. The van der Waals surface area contributed by atoms with Gasteiger partial charge in [-0.15, -0.1) is 0 Å². The van der Waals surface area contributed by atoms with Gasteiger partial charge >= 0.3 is 0 Å². The number of rotatable bonds is 2. The summed E-state index contributed by atoms with van der Waals surface area (Å²) in [5, 5.41) is 8.74. The minimum Gasteiger partial charge on any atom is -0.396 e. The van der Waals surface area contributed by atoms with Crippen LogP contribution in [0.4, 0.5) is 21.6 Å². The first-order chi connectivity index (χ1) is 8.61. The van der Waals surface area contributed by atoms with Gasteiger partial charge in [0.05, 0.1) is 11.3 Å². The lowest BCUT2D eigenvalue weighted by Gasteiger charge is -2.19. The first kappa shape index (κ1) is 11.9. The second-order valence-corrected chi connectivity index (χ2v) is 3.79. The van der Waals surface area contributed by atoms with E-state index in [1.54, 1.807) is 24.1 Å². The number of halogens is 1. The summed E-state index contributed by atoms with van der Waals surface area (Å²) >= 11 is 0. The predicted molar refractivity (Wildman–Crippen MR) is 67.8 cm³/mol. The van der Waals surface area contributed by atoms with E-state index in [-0.39, 0.29) is 5.82 Å². The van der Waals surface area contributed by atoms with Crippen LogP contribution in [0.1, 0.15) is 5.56 Å². The molecule has 2 N–H and O–H groups in total. The summed E-state index contributed by atoms with van der Waals surface area (Å²) in [4.78, 5) is 5.78. The molecule has 1 aromatic carbocycles. The smallest absolute Gasteiger partial charge is 0.156 e. The Morgan fingerprint density at radius 2 is 2.17 bits per heavy atom. The Morgan fingerprint density at radius 1 is 1.39 bits per heavy atom. The number of benzene rings is 1. The maximum absolute atomic E-state index is 13.1. The Bertz CT molecular complexity index is 619. The second-order valence-electron chi connectivity index (χ2n) is 3.79. The third-order valence-corrected chi connectivity index (χ3v) is 2.54. The highest BCUT2D eigenvalue weighted by atomic mass is 19.1. The third kappa shape index (κ3) is 2.23. The van der Waals surface area contributed by atoms with E-state index in [1.807, 2.05) is 6.07 Å². The van der Waals surface area contributed by atoms with Gasteiger partial charge in [0.1, 0.15) is 11.9 Å². The molecule has 1 aromatic heterocycles. The highest BCUT2D eigenvalue weighted by Gasteiger charge is 2.10. The lowest BCUT2D eigenvalue weighted by atomic mass is 10.2. The normalized spacial score (nSPS) is 9.83. The summed E-state index contributed by atoms with van der Waals surface area (Å²) < 4.78 is 13.1. The number of nitrogens with two attached hydrogens (primary N) is 1. The molecular weight excluding hydrogens is 231 g/mol. The summed E-state index contributed by atoms with van der Waals surface area (Å²) in [5.74, 6) is 0.158. The van der Waals surface area contributed by atoms with Crippen LogP contribution >= 0.6 is 0 Å². The second kappa shape index (κ2) is 4.72. The summed E-state index contributed by atoms with van der Waals surface area (Å²) in [7, 11) is 1.74. The van der Waals surface area contributed by atoms with E-state index in [0.29, 0.717) is 22.8 Å². The molecule has 2 aromatic rings. The minimum absolute atomic E-state index is 0.327. The van der Waals surface area contributed by atoms with Gasteiger partial charge in [-0.2, -0.15) is 5.26 Å². The van der Waals surface area contributed by atoms with E-state index >= 15 is 0 Å². The number of nitrogen functional groups attached to an aromatic ring is 1. The number of anilines is 3. The number of nitrogens with zero attached hydrogens (tertiary/aromatic N) is 3. The molecule has 2 rings (SSSR count). The van der Waals surface area contributed by atoms with Crippen LogP contribution < -0.4 is 10.6 Å². The predicted octanol–water partition coefficient (Wildman–Crippen LogP) is 2.44. The van der Waals surface area contributed by atoms with Crippen LogP contribution in [0.25, 0.3) is 0 Å². The van der Waals surface area contributed by atoms with Gasteiger partial charge in [-0.25, -0.2) is 9.37 Å². The van der Waals surface area contributed by atoms with Crippen molar-refractivity contribution in [3.8, 4) is 6.07 Å². The summed E-state index contributed by atoms with van der Waals surface area (Å²) in [6.07, 6.45) is 1.43.